The van der Waals surface area contributed by atoms with E-state index in [-0.39, 0.29) is 10.6 Å². The molecule has 1 aliphatic heterocycles. The lowest BCUT2D eigenvalue weighted by Gasteiger charge is -2.34. The van der Waals surface area contributed by atoms with Crippen molar-refractivity contribution >= 4 is 5.69 Å². The summed E-state index contributed by atoms with van der Waals surface area (Å²) >= 11 is 0. The monoisotopic (exact) mass is 346 g/mol. The second-order valence-electron chi connectivity index (χ2n) is 6.24. The lowest BCUT2D eigenvalue weighted by Crippen LogP contribution is -2.45. The van der Waals surface area contributed by atoms with Crippen LogP contribution in [0.15, 0.2) is 28.8 Å². The number of hydrogen-bond donors (Lipinski definition) is 0. The number of methoxy groups -OCH3 is 1. The zero-order valence-electron chi connectivity index (χ0n) is 14.5. The standard InChI is InChI=1S/C17H22N4O4/c1-13-9-16(25-18-13)12-20-7-5-19(6-8-20)11-14-10-15(21(22)23)3-4-17(14)24-2/h3-4,9-10H,5-8,11-12H2,1-2H3. The molecule has 0 unspecified atom stereocenters. The highest BCUT2D eigenvalue weighted by atomic mass is 16.6. The van der Waals surface area contributed by atoms with E-state index < -0.39 is 0 Å². The van der Waals surface area contributed by atoms with E-state index in [1.54, 1.807) is 19.2 Å². The van der Waals surface area contributed by atoms with Crippen LogP contribution in [0.25, 0.3) is 0 Å². The predicted octanol–water partition coefficient (Wildman–Crippen LogP) is 2.22. The van der Waals surface area contributed by atoms with Gasteiger partial charge in [-0.3, -0.25) is 19.9 Å². The van der Waals surface area contributed by atoms with Crippen LogP contribution < -0.4 is 4.74 Å². The van der Waals surface area contributed by atoms with Gasteiger partial charge in [-0.05, 0) is 13.0 Å². The fourth-order valence-corrected chi connectivity index (χ4v) is 3.06. The Kier molecular flexibility index (Phi) is 5.30. The molecule has 0 aliphatic carbocycles. The zero-order chi connectivity index (χ0) is 17.8. The van der Waals surface area contributed by atoms with Crippen LogP contribution in [0.1, 0.15) is 17.0 Å². The topological polar surface area (TPSA) is 84.9 Å². The molecule has 2 heterocycles. The highest BCUT2D eigenvalue weighted by Gasteiger charge is 2.20. The Morgan fingerprint density at radius 3 is 2.44 bits per heavy atom. The molecular formula is C17H22N4O4. The van der Waals surface area contributed by atoms with Crippen molar-refractivity contribution in [1.29, 1.82) is 0 Å². The second kappa shape index (κ2) is 7.62. The summed E-state index contributed by atoms with van der Waals surface area (Å²) < 4.78 is 10.6. The van der Waals surface area contributed by atoms with Gasteiger partial charge in [0.05, 0.1) is 24.3 Å². The number of aromatic nitrogens is 1. The van der Waals surface area contributed by atoms with Crippen molar-refractivity contribution in [2.75, 3.05) is 33.3 Å². The lowest BCUT2D eigenvalue weighted by atomic mass is 10.1. The molecule has 8 heteroatoms. The van der Waals surface area contributed by atoms with Crippen molar-refractivity contribution in [2.24, 2.45) is 0 Å². The lowest BCUT2D eigenvalue weighted by molar-refractivity contribution is -0.385. The first kappa shape index (κ1) is 17.4. The van der Waals surface area contributed by atoms with Gasteiger partial charge < -0.3 is 9.26 Å². The third-order valence-corrected chi connectivity index (χ3v) is 4.39. The molecular weight excluding hydrogens is 324 g/mol. The first-order valence-electron chi connectivity index (χ1n) is 8.23. The molecule has 1 aliphatic rings. The average molecular weight is 346 g/mol. The Morgan fingerprint density at radius 2 is 1.88 bits per heavy atom. The minimum atomic E-state index is -0.375. The molecule has 0 saturated carbocycles. The van der Waals surface area contributed by atoms with Crippen molar-refractivity contribution in [2.45, 2.75) is 20.0 Å². The molecule has 2 aromatic rings. The molecule has 3 rings (SSSR count). The number of nitrogens with zero attached hydrogens (tertiary/aromatic N) is 4. The summed E-state index contributed by atoms with van der Waals surface area (Å²) in [5.41, 5.74) is 1.83. The van der Waals surface area contributed by atoms with Gasteiger partial charge in [0.1, 0.15) is 5.75 Å². The largest absolute Gasteiger partial charge is 0.496 e. The van der Waals surface area contributed by atoms with Gasteiger partial charge in [-0.25, -0.2) is 0 Å². The van der Waals surface area contributed by atoms with Gasteiger partial charge in [-0.15, -0.1) is 0 Å². The molecule has 1 aromatic heterocycles. The van der Waals surface area contributed by atoms with Crippen LogP contribution >= 0.6 is 0 Å². The maximum absolute atomic E-state index is 11.0. The van der Waals surface area contributed by atoms with Gasteiger partial charge in [-0.1, -0.05) is 5.16 Å². The third-order valence-electron chi connectivity index (χ3n) is 4.39. The zero-order valence-corrected chi connectivity index (χ0v) is 14.5. The first-order valence-corrected chi connectivity index (χ1v) is 8.23. The predicted molar refractivity (Wildman–Crippen MR) is 91.4 cm³/mol. The number of hydrogen-bond acceptors (Lipinski definition) is 7. The minimum absolute atomic E-state index is 0.0927. The Bertz CT molecular complexity index is 738. The number of rotatable bonds is 6. The quantitative estimate of drug-likeness (QED) is 0.585. The normalized spacial score (nSPS) is 16.1. The summed E-state index contributed by atoms with van der Waals surface area (Å²) in [5.74, 6) is 1.57. The van der Waals surface area contributed by atoms with Crippen LogP contribution in [0.5, 0.6) is 5.75 Å². The number of ether oxygens (including phenoxy) is 1. The van der Waals surface area contributed by atoms with Crippen molar-refractivity contribution in [3.8, 4) is 5.75 Å². The van der Waals surface area contributed by atoms with Crippen molar-refractivity contribution in [1.82, 2.24) is 15.0 Å². The smallest absolute Gasteiger partial charge is 0.270 e. The van der Waals surface area contributed by atoms with Crippen LogP contribution in [-0.2, 0) is 13.1 Å². The third kappa shape index (κ3) is 4.34. The van der Waals surface area contributed by atoms with E-state index in [0.717, 1.165) is 49.7 Å². The fraction of sp³-hybridized carbons (Fsp3) is 0.471. The van der Waals surface area contributed by atoms with Crippen molar-refractivity contribution in [3.63, 3.8) is 0 Å². The Hall–Kier alpha value is -2.45. The number of aryl methyl sites for hydroxylation is 1. The molecule has 1 aromatic carbocycles. The van der Waals surface area contributed by atoms with Crippen molar-refractivity contribution in [3.05, 3.63) is 51.4 Å². The molecule has 8 nitrogen and oxygen atoms in total. The molecule has 1 saturated heterocycles. The number of nitro groups is 1. The van der Waals surface area contributed by atoms with E-state index in [0.29, 0.717) is 12.3 Å². The van der Waals surface area contributed by atoms with Gasteiger partial charge in [0.25, 0.3) is 5.69 Å². The molecule has 0 N–H and O–H groups in total. The van der Waals surface area contributed by atoms with E-state index in [1.807, 2.05) is 13.0 Å². The maximum Gasteiger partial charge on any atom is 0.270 e. The molecule has 0 atom stereocenters. The Balaban J connectivity index is 1.58. The van der Waals surface area contributed by atoms with Crippen LogP contribution in [0.2, 0.25) is 0 Å². The summed E-state index contributed by atoms with van der Waals surface area (Å²) in [5, 5.41) is 14.9. The van der Waals surface area contributed by atoms with Crippen LogP contribution in [0, 0.1) is 17.0 Å². The summed E-state index contributed by atoms with van der Waals surface area (Å²) in [4.78, 5) is 15.2. The van der Waals surface area contributed by atoms with E-state index >= 15 is 0 Å². The number of non-ortho nitro benzene ring substituents is 1. The van der Waals surface area contributed by atoms with E-state index in [2.05, 4.69) is 15.0 Å². The molecule has 0 radical (unpaired) electrons. The number of nitro benzene ring substituents is 1. The van der Waals surface area contributed by atoms with E-state index in [1.165, 1.54) is 6.07 Å². The highest BCUT2D eigenvalue weighted by molar-refractivity contribution is 5.43. The van der Waals surface area contributed by atoms with Crippen LogP contribution in [0.3, 0.4) is 0 Å². The van der Waals surface area contributed by atoms with Crippen molar-refractivity contribution < 1.29 is 14.2 Å². The van der Waals surface area contributed by atoms with Crippen LogP contribution in [0.4, 0.5) is 5.69 Å². The Morgan fingerprint density at radius 1 is 1.20 bits per heavy atom. The molecule has 0 spiro atoms. The maximum atomic E-state index is 11.0. The summed E-state index contributed by atoms with van der Waals surface area (Å²) in [6, 6.07) is 6.69. The van der Waals surface area contributed by atoms with Crippen LogP contribution in [-0.4, -0.2) is 53.2 Å². The van der Waals surface area contributed by atoms with Gasteiger partial charge in [0.15, 0.2) is 5.76 Å². The SMILES string of the molecule is COc1ccc([N+](=O)[O-])cc1CN1CCN(Cc2cc(C)no2)CC1. The summed E-state index contributed by atoms with van der Waals surface area (Å²) in [6.45, 7) is 6.91. The molecule has 134 valence electrons. The van der Waals surface area contributed by atoms with E-state index in [9.17, 15) is 10.1 Å². The average Bonchev–Trinajstić information content (AvgIpc) is 3.01. The van der Waals surface area contributed by atoms with E-state index in [4.69, 9.17) is 9.26 Å². The minimum Gasteiger partial charge on any atom is -0.496 e. The van der Waals surface area contributed by atoms with Gasteiger partial charge in [0.2, 0.25) is 0 Å². The molecule has 0 amide bonds. The number of piperazine rings is 1. The Labute approximate surface area is 146 Å². The first-order chi connectivity index (χ1) is 12.0. The highest BCUT2D eigenvalue weighted by Crippen LogP contribution is 2.25. The second-order valence-corrected chi connectivity index (χ2v) is 6.24. The van der Waals surface area contributed by atoms with Gasteiger partial charge in [0, 0.05) is 56.5 Å². The molecule has 0 bridgehead atoms. The number of benzene rings is 1. The molecule has 1 fully saturated rings. The fourth-order valence-electron chi connectivity index (χ4n) is 3.06. The summed E-state index contributed by atoms with van der Waals surface area (Å²) in [6.07, 6.45) is 0. The summed E-state index contributed by atoms with van der Waals surface area (Å²) in [7, 11) is 1.59. The van der Waals surface area contributed by atoms with Gasteiger partial charge >= 0.3 is 0 Å². The molecule has 25 heavy (non-hydrogen) atoms. The van der Waals surface area contributed by atoms with Gasteiger partial charge in [-0.2, -0.15) is 0 Å².